The zero-order valence-electron chi connectivity index (χ0n) is 11.3. The Morgan fingerprint density at radius 2 is 1.95 bits per heavy atom. The van der Waals surface area contributed by atoms with Crippen LogP contribution >= 0.6 is 12.2 Å². The van der Waals surface area contributed by atoms with Crippen LogP contribution in [0.25, 0.3) is 11.3 Å². The number of alkyl halides is 3. The third-order valence-corrected chi connectivity index (χ3v) is 3.78. The van der Waals surface area contributed by atoms with Crippen LogP contribution in [0.2, 0.25) is 0 Å². The molecule has 0 unspecified atom stereocenters. The third-order valence-electron chi connectivity index (χ3n) is 3.57. The van der Waals surface area contributed by atoms with Gasteiger partial charge in [0.2, 0.25) is 0 Å². The molecule has 0 saturated heterocycles. The first-order valence-electron chi connectivity index (χ1n) is 6.64. The minimum atomic E-state index is -4.33. The van der Waals surface area contributed by atoms with Crippen molar-refractivity contribution in [2.45, 2.75) is 31.9 Å². The lowest BCUT2D eigenvalue weighted by Gasteiger charge is -2.12. The first-order valence-corrected chi connectivity index (χ1v) is 7.05. The van der Waals surface area contributed by atoms with Crippen LogP contribution in [0.4, 0.5) is 13.2 Å². The molecule has 1 aromatic heterocycles. The third kappa shape index (κ3) is 3.00. The molecule has 0 spiro atoms. The summed E-state index contributed by atoms with van der Waals surface area (Å²) in [7, 11) is 0. The largest absolute Gasteiger partial charge is 0.416 e. The second-order valence-corrected chi connectivity index (χ2v) is 5.74. The minimum Gasteiger partial charge on any atom is -0.343 e. The first kappa shape index (κ1) is 14.3. The number of H-pyrrole nitrogens is 1. The SMILES string of the molecule is Cc1cc(C(F)(F)F)ccc1-c1cc(=S)nc(C2CC2)[nH]1. The van der Waals surface area contributed by atoms with Crippen molar-refractivity contribution < 1.29 is 13.2 Å². The Hall–Kier alpha value is -1.69. The van der Waals surface area contributed by atoms with Gasteiger partial charge in [0.1, 0.15) is 10.5 Å². The van der Waals surface area contributed by atoms with E-state index in [0.29, 0.717) is 16.1 Å². The van der Waals surface area contributed by atoms with Crippen LogP contribution in [-0.2, 0) is 6.18 Å². The fraction of sp³-hybridized carbons (Fsp3) is 0.333. The molecule has 0 aliphatic heterocycles. The maximum atomic E-state index is 12.7. The molecule has 6 heteroatoms. The highest BCUT2D eigenvalue weighted by atomic mass is 32.1. The van der Waals surface area contributed by atoms with E-state index >= 15 is 0 Å². The Kier molecular flexibility index (Phi) is 3.36. The Morgan fingerprint density at radius 3 is 2.52 bits per heavy atom. The average molecular weight is 310 g/mol. The van der Waals surface area contributed by atoms with E-state index in [1.54, 1.807) is 13.0 Å². The van der Waals surface area contributed by atoms with Crippen LogP contribution in [-0.4, -0.2) is 9.97 Å². The molecule has 2 aromatic rings. The standard InChI is InChI=1S/C15H13F3N2S/c1-8-6-10(15(16,17)18)4-5-11(8)12-7-13(21)20-14(19-12)9-2-3-9/h4-7,9H,2-3H2,1H3,(H,19,20,21). The fourth-order valence-corrected chi connectivity index (χ4v) is 2.53. The van der Waals surface area contributed by atoms with Crippen molar-refractivity contribution >= 4 is 12.2 Å². The van der Waals surface area contributed by atoms with Gasteiger partial charge in [-0.15, -0.1) is 0 Å². The predicted octanol–water partition coefficient (Wildman–Crippen LogP) is 5.01. The molecule has 0 radical (unpaired) electrons. The van der Waals surface area contributed by atoms with Gasteiger partial charge in [0.15, 0.2) is 0 Å². The van der Waals surface area contributed by atoms with E-state index in [4.69, 9.17) is 12.2 Å². The number of hydrogen-bond acceptors (Lipinski definition) is 2. The van der Waals surface area contributed by atoms with Crippen molar-refractivity contribution in [3.63, 3.8) is 0 Å². The highest BCUT2D eigenvalue weighted by molar-refractivity contribution is 7.71. The van der Waals surface area contributed by atoms with Gasteiger partial charge in [0.25, 0.3) is 0 Å². The summed E-state index contributed by atoms with van der Waals surface area (Å²) in [4.78, 5) is 7.49. The Bertz CT molecular complexity index is 745. The van der Waals surface area contributed by atoms with E-state index in [1.165, 1.54) is 6.07 Å². The average Bonchev–Trinajstić information content (AvgIpc) is 3.20. The normalized spacial score (nSPS) is 15.2. The molecule has 1 aliphatic carbocycles. The van der Waals surface area contributed by atoms with Gasteiger partial charge >= 0.3 is 6.18 Å². The van der Waals surface area contributed by atoms with Gasteiger partial charge in [-0.1, -0.05) is 18.3 Å². The van der Waals surface area contributed by atoms with Crippen LogP contribution in [0, 0.1) is 11.6 Å². The number of rotatable bonds is 2. The van der Waals surface area contributed by atoms with Crippen molar-refractivity contribution in [3.8, 4) is 11.3 Å². The number of aromatic amines is 1. The zero-order valence-corrected chi connectivity index (χ0v) is 12.1. The monoisotopic (exact) mass is 310 g/mol. The van der Waals surface area contributed by atoms with E-state index in [-0.39, 0.29) is 0 Å². The topological polar surface area (TPSA) is 28.7 Å². The van der Waals surface area contributed by atoms with E-state index in [9.17, 15) is 13.2 Å². The molecule has 1 N–H and O–H groups in total. The summed E-state index contributed by atoms with van der Waals surface area (Å²) < 4.78 is 38.6. The van der Waals surface area contributed by atoms with Crippen molar-refractivity contribution in [1.29, 1.82) is 0 Å². The Balaban J connectivity index is 2.06. The van der Waals surface area contributed by atoms with Gasteiger partial charge in [0, 0.05) is 17.2 Å². The smallest absolute Gasteiger partial charge is 0.343 e. The summed E-state index contributed by atoms with van der Waals surface area (Å²) >= 11 is 5.15. The lowest BCUT2D eigenvalue weighted by atomic mass is 10.0. The molecule has 110 valence electrons. The number of nitrogens with zero attached hydrogens (tertiary/aromatic N) is 1. The molecule has 0 amide bonds. The van der Waals surface area contributed by atoms with E-state index in [1.807, 2.05) is 0 Å². The van der Waals surface area contributed by atoms with Gasteiger partial charge in [-0.2, -0.15) is 13.2 Å². The number of halogens is 3. The molecule has 21 heavy (non-hydrogen) atoms. The summed E-state index contributed by atoms with van der Waals surface area (Å²) in [5, 5.41) is 0. The summed E-state index contributed by atoms with van der Waals surface area (Å²) in [5.41, 5.74) is 1.36. The molecule has 3 rings (SSSR count). The van der Waals surface area contributed by atoms with Crippen LogP contribution in [0.15, 0.2) is 24.3 Å². The molecule has 1 aromatic carbocycles. The zero-order chi connectivity index (χ0) is 15.2. The molecule has 1 saturated carbocycles. The lowest BCUT2D eigenvalue weighted by Crippen LogP contribution is -2.05. The van der Waals surface area contributed by atoms with Gasteiger partial charge in [-0.25, -0.2) is 4.98 Å². The number of aromatic nitrogens is 2. The molecular formula is C15H13F3N2S. The highest BCUT2D eigenvalue weighted by Gasteiger charge is 2.31. The van der Waals surface area contributed by atoms with Gasteiger partial charge in [-0.3, -0.25) is 0 Å². The molecule has 1 fully saturated rings. The molecular weight excluding hydrogens is 297 g/mol. The minimum absolute atomic E-state index is 0.404. The number of aryl methyl sites for hydroxylation is 1. The van der Waals surface area contributed by atoms with Crippen molar-refractivity contribution in [2.24, 2.45) is 0 Å². The van der Waals surface area contributed by atoms with Crippen LogP contribution in [0.3, 0.4) is 0 Å². The first-order chi connectivity index (χ1) is 9.84. The molecule has 2 nitrogen and oxygen atoms in total. The van der Waals surface area contributed by atoms with Crippen LogP contribution in [0.1, 0.15) is 35.7 Å². The van der Waals surface area contributed by atoms with Crippen molar-refractivity contribution in [2.75, 3.05) is 0 Å². The summed E-state index contributed by atoms with van der Waals surface area (Å²) in [5.74, 6) is 1.23. The Labute approximate surface area is 125 Å². The predicted molar refractivity (Wildman–Crippen MR) is 76.6 cm³/mol. The van der Waals surface area contributed by atoms with Crippen LogP contribution < -0.4 is 0 Å². The Morgan fingerprint density at radius 1 is 1.24 bits per heavy atom. The maximum absolute atomic E-state index is 12.7. The number of nitrogens with one attached hydrogen (secondary N) is 1. The summed E-state index contributed by atoms with van der Waals surface area (Å²) in [6, 6.07) is 5.42. The van der Waals surface area contributed by atoms with Crippen molar-refractivity contribution in [3.05, 3.63) is 45.9 Å². The van der Waals surface area contributed by atoms with E-state index < -0.39 is 11.7 Å². The molecule has 1 aliphatic rings. The van der Waals surface area contributed by atoms with Crippen LogP contribution in [0.5, 0.6) is 0 Å². The van der Waals surface area contributed by atoms with E-state index in [2.05, 4.69) is 9.97 Å². The van der Waals surface area contributed by atoms with Gasteiger partial charge in [-0.05, 0) is 43.5 Å². The van der Waals surface area contributed by atoms with Gasteiger partial charge < -0.3 is 4.98 Å². The van der Waals surface area contributed by atoms with Gasteiger partial charge in [0.05, 0.1) is 5.56 Å². The number of hydrogen-bond donors (Lipinski definition) is 1. The maximum Gasteiger partial charge on any atom is 0.416 e. The second-order valence-electron chi connectivity index (χ2n) is 5.32. The quantitative estimate of drug-likeness (QED) is 0.790. The molecule has 0 atom stereocenters. The fourth-order valence-electron chi connectivity index (χ4n) is 2.31. The highest BCUT2D eigenvalue weighted by Crippen LogP contribution is 2.39. The molecule has 1 heterocycles. The van der Waals surface area contributed by atoms with Crippen molar-refractivity contribution in [1.82, 2.24) is 9.97 Å². The van der Waals surface area contributed by atoms with E-state index in [0.717, 1.165) is 42.1 Å². The summed E-state index contributed by atoms with van der Waals surface area (Å²) in [6.07, 6.45) is -2.17. The summed E-state index contributed by atoms with van der Waals surface area (Å²) in [6.45, 7) is 1.67. The molecule has 0 bridgehead atoms. The lowest BCUT2D eigenvalue weighted by molar-refractivity contribution is -0.137. The second kappa shape index (κ2) is 4.94. The number of benzene rings is 1.